The minimum Gasteiger partial charge on any atom is -0.394 e. The summed E-state index contributed by atoms with van der Waals surface area (Å²) in [4.78, 5) is 0. The van der Waals surface area contributed by atoms with Crippen molar-refractivity contribution in [3.63, 3.8) is 0 Å². The number of ether oxygens (including phenoxy) is 1. The van der Waals surface area contributed by atoms with E-state index in [0.717, 1.165) is 0 Å². The van der Waals surface area contributed by atoms with Gasteiger partial charge in [-0.3, -0.25) is 0 Å². The fourth-order valence-corrected chi connectivity index (χ4v) is 1.42. The Morgan fingerprint density at radius 1 is 1.29 bits per heavy atom. The Morgan fingerprint density at radius 3 is 2.29 bits per heavy atom. The lowest BCUT2D eigenvalue weighted by Gasteiger charge is -2.19. The number of nitrogens with one attached hydrogen (secondary N) is 1. The number of rotatable bonds is 6. The third kappa shape index (κ3) is 4.90. The van der Waals surface area contributed by atoms with Crippen LogP contribution in [0.15, 0.2) is 0 Å². The topological polar surface area (TPSA) is 75.6 Å². The average Bonchev–Trinajstić information content (AvgIpc) is 2.02. The third-order valence-corrected chi connectivity index (χ3v) is 3.78. The molecule has 0 bridgehead atoms. The van der Waals surface area contributed by atoms with Crippen LogP contribution in [0, 0.1) is 0 Å². The van der Waals surface area contributed by atoms with Crippen molar-refractivity contribution in [3.8, 4) is 0 Å². The number of hydrogen-bond acceptors (Lipinski definition) is 4. The van der Waals surface area contributed by atoms with E-state index in [1.165, 1.54) is 0 Å². The van der Waals surface area contributed by atoms with E-state index in [1.54, 1.807) is 20.8 Å². The molecule has 0 atom stereocenters. The molecule has 2 N–H and O–H groups in total. The van der Waals surface area contributed by atoms with Gasteiger partial charge in [-0.1, -0.05) is 0 Å². The summed E-state index contributed by atoms with van der Waals surface area (Å²) in [5.74, 6) is 0. The predicted molar refractivity (Wildman–Crippen MR) is 54.6 cm³/mol. The van der Waals surface area contributed by atoms with Crippen molar-refractivity contribution < 1.29 is 18.3 Å². The molecular weight excluding hydrogens is 206 g/mol. The number of aliphatic hydroxyl groups is 1. The number of hydrogen-bond donors (Lipinski definition) is 2. The number of aliphatic hydroxyl groups excluding tert-OH is 1. The Balaban J connectivity index is 3.80. The molecular formula is C8H19NO4S. The van der Waals surface area contributed by atoms with E-state index in [0.29, 0.717) is 0 Å². The van der Waals surface area contributed by atoms with Gasteiger partial charge in [0.15, 0.2) is 0 Å². The molecule has 0 aromatic heterocycles. The Bertz CT molecular complexity index is 243. The third-order valence-electron chi connectivity index (χ3n) is 1.58. The van der Waals surface area contributed by atoms with E-state index in [-0.39, 0.29) is 26.4 Å². The Hall–Kier alpha value is -0.170. The molecule has 86 valence electrons. The highest BCUT2D eigenvalue weighted by Crippen LogP contribution is 2.12. The summed E-state index contributed by atoms with van der Waals surface area (Å²) in [6.07, 6.45) is 0. The Labute approximate surface area is 85.5 Å². The lowest BCUT2D eigenvalue weighted by molar-refractivity contribution is 0.0961. The molecule has 0 fully saturated rings. The molecule has 0 unspecified atom stereocenters. The van der Waals surface area contributed by atoms with Gasteiger partial charge < -0.3 is 9.84 Å². The summed E-state index contributed by atoms with van der Waals surface area (Å²) in [7, 11) is -3.28. The molecule has 0 aliphatic heterocycles. The Morgan fingerprint density at radius 2 is 1.86 bits per heavy atom. The molecule has 0 saturated heterocycles. The monoisotopic (exact) mass is 225 g/mol. The van der Waals surface area contributed by atoms with Crippen LogP contribution in [0.4, 0.5) is 0 Å². The second-order valence-corrected chi connectivity index (χ2v) is 6.37. The summed E-state index contributed by atoms with van der Waals surface area (Å²) in [6, 6.07) is 0. The van der Waals surface area contributed by atoms with Gasteiger partial charge in [0.05, 0.1) is 24.6 Å². The van der Waals surface area contributed by atoms with Crippen molar-refractivity contribution in [2.75, 3.05) is 26.4 Å². The smallest absolute Gasteiger partial charge is 0.216 e. The predicted octanol–water partition coefficient (Wildman–Crippen LogP) is -0.287. The first-order chi connectivity index (χ1) is 6.31. The second kappa shape index (κ2) is 5.65. The molecule has 0 aromatic carbocycles. The first kappa shape index (κ1) is 13.8. The lowest BCUT2D eigenvalue weighted by Crippen LogP contribution is -2.40. The number of sulfonamides is 1. The van der Waals surface area contributed by atoms with Crippen LogP contribution in [0.1, 0.15) is 20.8 Å². The minimum absolute atomic E-state index is 0.0496. The van der Waals surface area contributed by atoms with Crippen molar-refractivity contribution in [1.82, 2.24) is 4.72 Å². The molecule has 0 saturated carbocycles. The first-order valence-electron chi connectivity index (χ1n) is 4.49. The van der Waals surface area contributed by atoms with E-state index in [9.17, 15) is 8.42 Å². The van der Waals surface area contributed by atoms with Gasteiger partial charge in [0.1, 0.15) is 0 Å². The van der Waals surface area contributed by atoms with Crippen LogP contribution in [0.5, 0.6) is 0 Å². The molecule has 14 heavy (non-hydrogen) atoms. The fourth-order valence-electron chi connectivity index (χ4n) is 0.631. The normalized spacial score (nSPS) is 13.1. The summed E-state index contributed by atoms with van der Waals surface area (Å²) >= 11 is 0. The van der Waals surface area contributed by atoms with Crippen LogP contribution < -0.4 is 4.72 Å². The maximum Gasteiger partial charge on any atom is 0.216 e. The van der Waals surface area contributed by atoms with Crippen LogP contribution in [-0.4, -0.2) is 44.6 Å². The van der Waals surface area contributed by atoms with Crippen LogP contribution >= 0.6 is 0 Å². The average molecular weight is 225 g/mol. The molecule has 0 amide bonds. The van der Waals surface area contributed by atoms with Gasteiger partial charge in [0.2, 0.25) is 10.0 Å². The summed E-state index contributed by atoms with van der Waals surface area (Å²) in [5.41, 5.74) is 0. The maximum atomic E-state index is 11.5. The highest BCUT2D eigenvalue weighted by atomic mass is 32.2. The summed E-state index contributed by atoms with van der Waals surface area (Å²) in [6.45, 7) is 5.58. The molecule has 6 heteroatoms. The summed E-state index contributed by atoms with van der Waals surface area (Å²) in [5, 5.41) is 8.39. The standard InChI is InChI=1S/C8H19NO4S/c1-8(2,3)14(11,12)9-4-6-13-7-5-10/h9-10H,4-7H2,1-3H3. The summed E-state index contributed by atoms with van der Waals surface area (Å²) < 4.78 is 29.5. The van der Waals surface area contributed by atoms with E-state index in [2.05, 4.69) is 4.72 Å². The minimum atomic E-state index is -3.28. The fraction of sp³-hybridized carbons (Fsp3) is 1.00. The zero-order valence-electron chi connectivity index (χ0n) is 8.91. The van der Waals surface area contributed by atoms with Crippen molar-refractivity contribution in [2.24, 2.45) is 0 Å². The Kier molecular flexibility index (Phi) is 5.58. The van der Waals surface area contributed by atoms with Crippen molar-refractivity contribution in [1.29, 1.82) is 0 Å². The molecule has 0 heterocycles. The van der Waals surface area contributed by atoms with Crippen LogP contribution in [0.3, 0.4) is 0 Å². The van der Waals surface area contributed by atoms with E-state index < -0.39 is 14.8 Å². The largest absolute Gasteiger partial charge is 0.394 e. The van der Waals surface area contributed by atoms with E-state index >= 15 is 0 Å². The zero-order valence-corrected chi connectivity index (χ0v) is 9.73. The molecule has 0 spiro atoms. The molecule has 5 nitrogen and oxygen atoms in total. The molecule has 0 aliphatic rings. The second-order valence-electron chi connectivity index (χ2n) is 3.85. The first-order valence-corrected chi connectivity index (χ1v) is 5.97. The molecule has 0 radical (unpaired) electrons. The van der Waals surface area contributed by atoms with Crippen molar-refractivity contribution in [2.45, 2.75) is 25.5 Å². The highest BCUT2D eigenvalue weighted by Gasteiger charge is 2.27. The van der Waals surface area contributed by atoms with Gasteiger partial charge in [-0.2, -0.15) is 0 Å². The molecule has 0 aromatic rings. The molecule has 0 rings (SSSR count). The van der Waals surface area contributed by atoms with Crippen LogP contribution in [0.2, 0.25) is 0 Å². The van der Waals surface area contributed by atoms with Crippen molar-refractivity contribution >= 4 is 10.0 Å². The molecule has 0 aliphatic carbocycles. The quantitative estimate of drug-likeness (QED) is 0.609. The lowest BCUT2D eigenvalue weighted by atomic mass is 10.3. The van der Waals surface area contributed by atoms with E-state index in [1.807, 2.05) is 0 Å². The van der Waals surface area contributed by atoms with Gasteiger partial charge in [0.25, 0.3) is 0 Å². The maximum absolute atomic E-state index is 11.5. The highest BCUT2D eigenvalue weighted by molar-refractivity contribution is 7.90. The van der Waals surface area contributed by atoms with Gasteiger partial charge >= 0.3 is 0 Å². The van der Waals surface area contributed by atoms with Crippen LogP contribution in [0.25, 0.3) is 0 Å². The van der Waals surface area contributed by atoms with Gasteiger partial charge in [-0.25, -0.2) is 13.1 Å². The zero-order chi connectivity index (χ0) is 11.2. The van der Waals surface area contributed by atoms with Gasteiger partial charge in [-0.15, -0.1) is 0 Å². The van der Waals surface area contributed by atoms with Gasteiger partial charge in [0, 0.05) is 6.54 Å². The van der Waals surface area contributed by atoms with Crippen LogP contribution in [-0.2, 0) is 14.8 Å². The van der Waals surface area contributed by atoms with Crippen molar-refractivity contribution in [3.05, 3.63) is 0 Å². The van der Waals surface area contributed by atoms with E-state index in [4.69, 9.17) is 9.84 Å². The van der Waals surface area contributed by atoms with Gasteiger partial charge in [-0.05, 0) is 20.8 Å². The SMILES string of the molecule is CC(C)(C)S(=O)(=O)NCCOCCO.